The predicted molar refractivity (Wildman–Crippen MR) is 116 cm³/mol. The van der Waals surface area contributed by atoms with E-state index in [1.54, 1.807) is 20.8 Å². The van der Waals surface area contributed by atoms with Crippen LogP contribution in [0.5, 0.6) is 0 Å². The van der Waals surface area contributed by atoms with Crippen molar-refractivity contribution < 1.29 is 29.0 Å². The highest BCUT2D eigenvalue weighted by atomic mass is 16.6. The maximum atomic E-state index is 12.6. The van der Waals surface area contributed by atoms with E-state index in [0.29, 0.717) is 0 Å². The van der Waals surface area contributed by atoms with Gasteiger partial charge in [0.1, 0.15) is 12.2 Å². The van der Waals surface area contributed by atoms with Crippen molar-refractivity contribution in [2.45, 2.75) is 51.6 Å². The third-order valence-corrected chi connectivity index (χ3v) is 5.23. The average Bonchev–Trinajstić information content (AvgIpc) is 3.02. The minimum atomic E-state index is -1.03. The zero-order valence-electron chi connectivity index (χ0n) is 18.1. The third-order valence-electron chi connectivity index (χ3n) is 5.23. The van der Waals surface area contributed by atoms with Crippen LogP contribution < -0.4 is 0 Å². The molecule has 6 heteroatoms. The SMILES string of the molecule is CC(C)(C)OC(=O)C(CCC(=O)O)CC(=O)OCC1c2ccccc2-c2ccccc21. The van der Waals surface area contributed by atoms with Gasteiger partial charge in [-0.1, -0.05) is 48.5 Å². The second-order valence-corrected chi connectivity index (χ2v) is 8.78. The lowest BCUT2D eigenvalue weighted by Gasteiger charge is -2.23. The largest absolute Gasteiger partial charge is 0.481 e. The lowest BCUT2D eigenvalue weighted by Crippen LogP contribution is -2.30. The van der Waals surface area contributed by atoms with E-state index in [-0.39, 0.29) is 31.8 Å². The van der Waals surface area contributed by atoms with Gasteiger partial charge in [-0.3, -0.25) is 14.4 Å². The number of benzene rings is 2. The number of carbonyl (C=O) groups excluding carboxylic acids is 2. The molecule has 0 spiro atoms. The molecular formula is C25H28O6. The van der Waals surface area contributed by atoms with E-state index in [1.165, 1.54) is 0 Å². The van der Waals surface area contributed by atoms with E-state index in [1.807, 2.05) is 36.4 Å². The number of carboxylic acid groups (broad SMARTS) is 1. The first-order valence-electron chi connectivity index (χ1n) is 10.4. The molecule has 164 valence electrons. The van der Waals surface area contributed by atoms with Crippen LogP contribution >= 0.6 is 0 Å². The van der Waals surface area contributed by atoms with E-state index in [2.05, 4.69) is 12.1 Å². The molecule has 0 bridgehead atoms. The van der Waals surface area contributed by atoms with Gasteiger partial charge in [-0.2, -0.15) is 0 Å². The molecule has 1 atom stereocenters. The van der Waals surface area contributed by atoms with E-state index in [9.17, 15) is 14.4 Å². The number of aliphatic carboxylic acids is 1. The van der Waals surface area contributed by atoms with Gasteiger partial charge < -0.3 is 14.6 Å². The molecule has 2 aromatic rings. The summed E-state index contributed by atoms with van der Waals surface area (Å²) in [5, 5.41) is 8.98. The van der Waals surface area contributed by atoms with Crippen LogP contribution in [0, 0.1) is 5.92 Å². The number of carbonyl (C=O) groups is 3. The lowest BCUT2D eigenvalue weighted by molar-refractivity contribution is -0.164. The van der Waals surface area contributed by atoms with Gasteiger partial charge in [-0.15, -0.1) is 0 Å². The molecule has 0 saturated carbocycles. The fraction of sp³-hybridized carbons (Fsp3) is 0.400. The van der Waals surface area contributed by atoms with Gasteiger partial charge in [-0.05, 0) is 49.4 Å². The number of ether oxygens (including phenoxy) is 2. The van der Waals surface area contributed by atoms with Crippen LogP contribution in [0.4, 0.5) is 0 Å². The molecular weight excluding hydrogens is 396 g/mol. The Balaban J connectivity index is 1.67. The molecule has 6 nitrogen and oxygen atoms in total. The van der Waals surface area contributed by atoms with Crippen molar-refractivity contribution >= 4 is 17.9 Å². The predicted octanol–water partition coefficient (Wildman–Crippen LogP) is 4.55. The van der Waals surface area contributed by atoms with Crippen LogP contribution in [-0.2, 0) is 23.9 Å². The molecule has 0 aromatic heterocycles. The fourth-order valence-corrected chi connectivity index (χ4v) is 3.86. The van der Waals surface area contributed by atoms with Gasteiger partial charge in [-0.25, -0.2) is 0 Å². The Morgan fingerprint density at radius 2 is 1.52 bits per heavy atom. The van der Waals surface area contributed by atoms with E-state index >= 15 is 0 Å². The number of hydrogen-bond donors (Lipinski definition) is 1. The van der Waals surface area contributed by atoms with Gasteiger partial charge in [0.15, 0.2) is 0 Å². The summed E-state index contributed by atoms with van der Waals surface area (Å²) in [7, 11) is 0. The molecule has 31 heavy (non-hydrogen) atoms. The number of carboxylic acids is 1. The van der Waals surface area contributed by atoms with Crippen LogP contribution in [0.15, 0.2) is 48.5 Å². The number of fused-ring (bicyclic) bond motifs is 3. The molecule has 1 aliphatic carbocycles. The van der Waals surface area contributed by atoms with Gasteiger partial charge in [0.05, 0.1) is 12.3 Å². The molecule has 2 aromatic carbocycles. The van der Waals surface area contributed by atoms with Crippen LogP contribution in [0.2, 0.25) is 0 Å². The van der Waals surface area contributed by atoms with E-state index in [0.717, 1.165) is 22.3 Å². The van der Waals surface area contributed by atoms with Gasteiger partial charge in [0.2, 0.25) is 0 Å². The molecule has 0 radical (unpaired) electrons. The Morgan fingerprint density at radius 3 is 2.03 bits per heavy atom. The van der Waals surface area contributed by atoms with Gasteiger partial charge in [0.25, 0.3) is 0 Å². The zero-order chi connectivity index (χ0) is 22.6. The molecule has 1 unspecified atom stereocenters. The van der Waals surface area contributed by atoms with E-state index in [4.69, 9.17) is 14.6 Å². The second kappa shape index (κ2) is 9.33. The maximum Gasteiger partial charge on any atom is 0.310 e. The first-order chi connectivity index (χ1) is 14.7. The summed E-state index contributed by atoms with van der Waals surface area (Å²) in [5.41, 5.74) is 3.75. The van der Waals surface area contributed by atoms with Crippen molar-refractivity contribution in [3.63, 3.8) is 0 Å². The highest BCUT2D eigenvalue weighted by Crippen LogP contribution is 2.44. The summed E-state index contributed by atoms with van der Waals surface area (Å²) >= 11 is 0. The first-order valence-corrected chi connectivity index (χ1v) is 10.4. The Kier molecular flexibility index (Phi) is 6.78. The Bertz CT molecular complexity index is 926. The van der Waals surface area contributed by atoms with E-state index < -0.39 is 29.4 Å². The molecule has 0 saturated heterocycles. The second-order valence-electron chi connectivity index (χ2n) is 8.78. The summed E-state index contributed by atoms with van der Waals surface area (Å²) in [6.45, 7) is 5.35. The van der Waals surface area contributed by atoms with Crippen molar-refractivity contribution in [2.24, 2.45) is 5.92 Å². The number of hydrogen-bond acceptors (Lipinski definition) is 5. The van der Waals surface area contributed by atoms with Crippen molar-refractivity contribution in [2.75, 3.05) is 6.61 Å². The summed E-state index contributed by atoms with van der Waals surface area (Å²) < 4.78 is 10.9. The van der Waals surface area contributed by atoms with Crippen molar-refractivity contribution in [3.05, 3.63) is 59.7 Å². The first kappa shape index (κ1) is 22.5. The normalized spacial score (nSPS) is 13.8. The molecule has 3 rings (SSSR count). The van der Waals surface area contributed by atoms with Crippen molar-refractivity contribution in [1.29, 1.82) is 0 Å². The summed E-state index contributed by atoms with van der Waals surface area (Å²) in [6, 6.07) is 16.1. The smallest absolute Gasteiger partial charge is 0.310 e. The standard InChI is InChI=1S/C25H28O6/c1-25(2,3)31-24(29)16(12-13-22(26)27)14-23(28)30-15-21-19-10-6-4-8-17(19)18-9-5-7-11-20(18)21/h4-11,16,21H,12-15H2,1-3H3,(H,26,27). The molecule has 0 amide bonds. The minimum absolute atomic E-state index is 0.0223. The molecule has 1 N–H and O–H groups in total. The number of esters is 2. The molecule has 0 fully saturated rings. The van der Waals surface area contributed by atoms with Crippen LogP contribution in [0.3, 0.4) is 0 Å². The molecule has 0 aliphatic heterocycles. The van der Waals surface area contributed by atoms with Crippen molar-refractivity contribution in [3.8, 4) is 11.1 Å². The summed E-state index contributed by atoms with van der Waals surface area (Å²) in [5.74, 6) is -3.08. The molecule has 0 heterocycles. The molecule has 1 aliphatic rings. The van der Waals surface area contributed by atoms with Gasteiger partial charge in [0, 0.05) is 12.3 Å². The monoisotopic (exact) mass is 424 g/mol. The zero-order valence-corrected chi connectivity index (χ0v) is 18.1. The topological polar surface area (TPSA) is 89.9 Å². The Labute approximate surface area is 182 Å². The Hall–Kier alpha value is -3.15. The third kappa shape index (κ3) is 5.72. The summed E-state index contributed by atoms with van der Waals surface area (Å²) in [6.07, 6.45) is -0.410. The average molecular weight is 424 g/mol. The van der Waals surface area contributed by atoms with Gasteiger partial charge >= 0.3 is 17.9 Å². The lowest BCUT2D eigenvalue weighted by atomic mass is 9.97. The minimum Gasteiger partial charge on any atom is -0.481 e. The fourth-order valence-electron chi connectivity index (χ4n) is 3.86. The Morgan fingerprint density at radius 1 is 0.968 bits per heavy atom. The summed E-state index contributed by atoms with van der Waals surface area (Å²) in [4.78, 5) is 36.0. The van der Waals surface area contributed by atoms with Crippen LogP contribution in [0.1, 0.15) is 57.1 Å². The highest BCUT2D eigenvalue weighted by molar-refractivity contribution is 5.81. The van der Waals surface area contributed by atoms with Crippen molar-refractivity contribution in [1.82, 2.24) is 0 Å². The van der Waals surface area contributed by atoms with Crippen LogP contribution in [0.25, 0.3) is 11.1 Å². The highest BCUT2D eigenvalue weighted by Gasteiger charge is 2.31. The number of rotatable bonds is 8. The van der Waals surface area contributed by atoms with Crippen LogP contribution in [-0.4, -0.2) is 35.2 Å². The maximum absolute atomic E-state index is 12.6. The quantitative estimate of drug-likeness (QED) is 0.625.